The molecule has 3 saturated carbocycles. The van der Waals surface area contributed by atoms with E-state index < -0.39 is 82.4 Å². The molecule has 0 radical (unpaired) electrons. The van der Waals surface area contributed by atoms with Crippen LogP contribution in [-0.4, -0.2) is 82.4 Å². The minimum absolute atomic E-state index is 0.153. The molecule has 0 saturated heterocycles. The first-order chi connectivity index (χ1) is 26.2. The van der Waals surface area contributed by atoms with Crippen molar-refractivity contribution in [2.75, 3.05) is 0 Å². The summed E-state index contributed by atoms with van der Waals surface area (Å²) in [5, 5.41) is 17.0. The Morgan fingerprint density at radius 3 is 1.68 bits per heavy atom. The third-order valence-electron chi connectivity index (χ3n) is 10.8. The second-order valence-electron chi connectivity index (χ2n) is 17.6. The number of amides is 6. The van der Waals surface area contributed by atoms with Gasteiger partial charge in [0.05, 0.1) is 17.8 Å². The maximum Gasteiger partial charge on any atom is 0.408 e. The predicted molar refractivity (Wildman–Crippen MR) is 207 cm³/mol. The average Bonchev–Trinajstić information content (AvgIpc) is 3.88. The van der Waals surface area contributed by atoms with Crippen molar-refractivity contribution in [1.82, 2.24) is 31.9 Å². The lowest BCUT2D eigenvalue weighted by Crippen LogP contribution is -2.60. The molecule has 6 N–H and O–H groups in total. The van der Waals surface area contributed by atoms with Crippen LogP contribution < -0.4 is 31.9 Å². The highest BCUT2D eigenvalue weighted by molar-refractivity contribution is 5.94. The Hall–Kier alpha value is -4.69. The van der Waals surface area contributed by atoms with Gasteiger partial charge in [0, 0.05) is 18.1 Å². The Labute approximate surface area is 330 Å². The topological polar surface area (TPSA) is 210 Å². The highest BCUT2D eigenvalue weighted by Gasteiger charge is 2.43. The maximum absolute atomic E-state index is 13.6. The summed E-state index contributed by atoms with van der Waals surface area (Å²) in [5.74, 6) is -4.10. The number of nitrogens with one attached hydrogen (secondary N) is 6. The van der Waals surface area contributed by atoms with Gasteiger partial charge in [-0.2, -0.15) is 0 Å². The molecule has 0 heterocycles. The van der Waals surface area contributed by atoms with E-state index in [4.69, 9.17) is 9.47 Å². The van der Waals surface area contributed by atoms with Crippen LogP contribution in [0.5, 0.6) is 0 Å². The number of carbonyl (C=O) groups excluding carboxylic acids is 7. The molecule has 7 atom stereocenters. The van der Waals surface area contributed by atoms with Gasteiger partial charge < -0.3 is 41.4 Å². The van der Waals surface area contributed by atoms with E-state index in [0.717, 1.165) is 12.0 Å². The monoisotopic (exact) mass is 782 g/mol. The zero-order valence-corrected chi connectivity index (χ0v) is 34.2. The molecule has 4 rings (SSSR count). The summed E-state index contributed by atoms with van der Waals surface area (Å²) in [4.78, 5) is 92.1. The molecule has 310 valence electrons. The molecule has 0 aliphatic heterocycles. The van der Waals surface area contributed by atoms with Gasteiger partial charge >= 0.3 is 12.1 Å². The number of benzene rings is 1. The zero-order valence-electron chi connectivity index (χ0n) is 34.2. The fourth-order valence-electron chi connectivity index (χ4n) is 7.61. The van der Waals surface area contributed by atoms with Crippen molar-refractivity contribution in [1.29, 1.82) is 0 Å². The van der Waals surface area contributed by atoms with E-state index in [9.17, 15) is 33.6 Å². The average molecular weight is 783 g/mol. The summed E-state index contributed by atoms with van der Waals surface area (Å²) in [7, 11) is 0. The third kappa shape index (κ3) is 12.2. The Kier molecular flexibility index (Phi) is 14.5. The molecule has 3 fully saturated rings. The molecule has 56 heavy (non-hydrogen) atoms. The first-order valence-corrected chi connectivity index (χ1v) is 19.9. The molecule has 15 heteroatoms. The number of carbonyl (C=O) groups is 7. The summed E-state index contributed by atoms with van der Waals surface area (Å²) in [6.45, 7) is 13.2. The summed E-state index contributed by atoms with van der Waals surface area (Å²) >= 11 is 0. The minimum atomic E-state index is -1.31. The first-order valence-electron chi connectivity index (χ1n) is 19.9. The minimum Gasteiger partial charge on any atom is -0.461 e. The summed E-state index contributed by atoms with van der Waals surface area (Å²) in [6, 6.07) is 7.05. The SMILES string of the molecule is C[C@H](NC(=O)[C@H]1CCC[C@@H]1NC(=O)C(C)(C)NC(=O)OC(C)(C)C)C(=O)N[C@H]1CCC[C@@H]1C(=O)NC(C)(C)C(=O)N[C@H]1CCC[C@@H]1C(=O)OCc1ccccc1. The van der Waals surface area contributed by atoms with E-state index in [1.165, 1.54) is 0 Å². The van der Waals surface area contributed by atoms with Gasteiger partial charge in [-0.05, 0) is 99.5 Å². The fourth-order valence-corrected chi connectivity index (χ4v) is 7.61. The van der Waals surface area contributed by atoms with Gasteiger partial charge in [0.25, 0.3) is 0 Å². The van der Waals surface area contributed by atoms with Crippen LogP contribution in [0.25, 0.3) is 0 Å². The predicted octanol–water partition coefficient (Wildman–Crippen LogP) is 3.29. The first kappa shape index (κ1) is 44.0. The molecule has 0 spiro atoms. The van der Waals surface area contributed by atoms with Gasteiger partial charge in [-0.25, -0.2) is 4.79 Å². The van der Waals surface area contributed by atoms with E-state index in [2.05, 4.69) is 31.9 Å². The Bertz CT molecular complexity index is 1610. The van der Waals surface area contributed by atoms with Crippen LogP contribution in [0.2, 0.25) is 0 Å². The van der Waals surface area contributed by atoms with Crippen LogP contribution in [0.3, 0.4) is 0 Å². The lowest BCUT2D eigenvalue weighted by atomic mass is 9.96. The largest absolute Gasteiger partial charge is 0.461 e. The van der Waals surface area contributed by atoms with Crippen molar-refractivity contribution in [2.24, 2.45) is 17.8 Å². The molecular weight excluding hydrogens is 720 g/mol. The van der Waals surface area contributed by atoms with Crippen LogP contribution in [0.1, 0.15) is 119 Å². The van der Waals surface area contributed by atoms with Crippen LogP contribution in [0.15, 0.2) is 30.3 Å². The Morgan fingerprint density at radius 2 is 1.12 bits per heavy atom. The van der Waals surface area contributed by atoms with Crippen molar-refractivity contribution >= 4 is 41.6 Å². The molecule has 3 aliphatic rings. The van der Waals surface area contributed by atoms with Crippen molar-refractivity contribution in [2.45, 2.75) is 161 Å². The van der Waals surface area contributed by atoms with Crippen molar-refractivity contribution in [3.8, 4) is 0 Å². The number of hydrogen-bond acceptors (Lipinski definition) is 9. The van der Waals surface area contributed by atoms with Crippen LogP contribution in [0, 0.1) is 17.8 Å². The lowest BCUT2D eigenvalue weighted by molar-refractivity contribution is -0.151. The normalized spacial score (nSPS) is 24.3. The number of alkyl carbamates (subject to hydrolysis) is 1. The van der Waals surface area contributed by atoms with E-state index in [1.807, 2.05) is 30.3 Å². The second-order valence-corrected chi connectivity index (χ2v) is 17.6. The number of rotatable bonds is 14. The Balaban J connectivity index is 1.25. The van der Waals surface area contributed by atoms with E-state index >= 15 is 0 Å². The van der Waals surface area contributed by atoms with Crippen LogP contribution in [-0.2, 0) is 44.8 Å². The highest BCUT2D eigenvalue weighted by atomic mass is 16.6. The van der Waals surface area contributed by atoms with Crippen LogP contribution in [0.4, 0.5) is 4.79 Å². The molecular formula is C41H62N6O9. The maximum atomic E-state index is 13.6. The van der Waals surface area contributed by atoms with Crippen molar-refractivity contribution < 1.29 is 43.0 Å². The fraction of sp³-hybridized carbons (Fsp3) is 0.683. The molecule has 0 aromatic heterocycles. The van der Waals surface area contributed by atoms with E-state index in [0.29, 0.717) is 51.4 Å². The lowest BCUT2D eigenvalue weighted by Gasteiger charge is -2.31. The molecule has 3 aliphatic carbocycles. The van der Waals surface area contributed by atoms with E-state index in [1.54, 1.807) is 55.4 Å². The van der Waals surface area contributed by atoms with Gasteiger partial charge in [0.2, 0.25) is 29.5 Å². The smallest absolute Gasteiger partial charge is 0.408 e. The van der Waals surface area contributed by atoms with Gasteiger partial charge in [0.15, 0.2) is 0 Å². The van der Waals surface area contributed by atoms with Crippen molar-refractivity contribution in [3.63, 3.8) is 0 Å². The van der Waals surface area contributed by atoms with Crippen LogP contribution >= 0.6 is 0 Å². The number of ether oxygens (including phenoxy) is 2. The molecule has 15 nitrogen and oxygen atoms in total. The quantitative estimate of drug-likeness (QED) is 0.153. The number of esters is 1. The summed E-state index contributed by atoms with van der Waals surface area (Å²) in [6.07, 6.45) is 4.76. The van der Waals surface area contributed by atoms with E-state index in [-0.39, 0.29) is 24.4 Å². The van der Waals surface area contributed by atoms with Gasteiger partial charge in [-0.1, -0.05) is 49.6 Å². The second kappa shape index (κ2) is 18.5. The molecule has 1 aromatic carbocycles. The summed E-state index contributed by atoms with van der Waals surface area (Å²) < 4.78 is 10.8. The molecule has 6 amide bonds. The molecule has 0 unspecified atom stereocenters. The zero-order chi connectivity index (χ0) is 41.4. The van der Waals surface area contributed by atoms with Gasteiger partial charge in [0.1, 0.15) is 29.3 Å². The summed E-state index contributed by atoms with van der Waals surface area (Å²) in [5.41, 5.74) is -2.47. The molecule has 0 bridgehead atoms. The number of hydrogen-bond donors (Lipinski definition) is 6. The van der Waals surface area contributed by atoms with Crippen molar-refractivity contribution in [3.05, 3.63) is 35.9 Å². The highest BCUT2D eigenvalue weighted by Crippen LogP contribution is 2.30. The van der Waals surface area contributed by atoms with Gasteiger partial charge in [-0.3, -0.25) is 28.8 Å². The van der Waals surface area contributed by atoms with Gasteiger partial charge in [-0.15, -0.1) is 0 Å². The Morgan fingerprint density at radius 1 is 0.643 bits per heavy atom. The molecule has 1 aromatic rings. The third-order valence-corrected chi connectivity index (χ3v) is 10.8. The standard InChI is InChI=1S/C41H62N6O9/c1-24(42-33(49)26-17-12-21-30(26)44-37(53)41(7,8)47-38(54)56-39(2,3)4)32(48)43-29-20-13-18-27(29)34(50)46-40(5,6)36(52)45-31-22-14-19-28(31)35(51)55-23-25-15-10-9-11-16-25/h9-11,15-16,24,26-31H,12-14,17-23H2,1-8H3,(H,42,49)(H,43,48)(H,44,53)(H,45,52)(H,46,50)(H,47,54)/t24-,26-,27-,28-,29-,30-,31-/m0/s1.